The van der Waals surface area contributed by atoms with Crippen LogP contribution in [-0.2, 0) is 16.0 Å². The van der Waals surface area contributed by atoms with Gasteiger partial charge in [-0.3, -0.25) is 9.59 Å². The van der Waals surface area contributed by atoms with Crippen molar-refractivity contribution in [3.63, 3.8) is 0 Å². The highest BCUT2D eigenvalue weighted by Crippen LogP contribution is 2.38. The zero-order chi connectivity index (χ0) is 35.1. The number of alkyl carbamates (subject to hydrolysis) is 1. The van der Waals surface area contributed by atoms with Crippen LogP contribution in [-0.4, -0.2) is 53.2 Å². The number of aryl methyl sites for hydroxylation is 1. The number of esters is 1. The maximum absolute atomic E-state index is 14.0. The quantitative estimate of drug-likeness (QED) is 0.119. The van der Waals surface area contributed by atoms with E-state index in [1.807, 2.05) is 33.8 Å². The van der Waals surface area contributed by atoms with Gasteiger partial charge < -0.3 is 30.5 Å². The van der Waals surface area contributed by atoms with Crippen LogP contribution >= 0.6 is 12.6 Å². The predicted molar refractivity (Wildman–Crippen MR) is 185 cm³/mol. The van der Waals surface area contributed by atoms with Gasteiger partial charge in [-0.05, 0) is 89.4 Å². The number of amides is 3. The Hall–Kier alpha value is -4.84. The Morgan fingerprint density at radius 2 is 1.64 bits per heavy atom. The van der Waals surface area contributed by atoms with Gasteiger partial charge in [0.1, 0.15) is 17.0 Å². The third-order valence-electron chi connectivity index (χ3n) is 6.82. The van der Waals surface area contributed by atoms with E-state index >= 15 is 0 Å². The number of ether oxygens (including phenoxy) is 2. The zero-order valence-electron chi connectivity index (χ0n) is 28.0. The number of nitrogens with one attached hydrogen (secondary N) is 3. The summed E-state index contributed by atoms with van der Waals surface area (Å²) in [6.45, 7) is 13.3. The summed E-state index contributed by atoms with van der Waals surface area (Å²) in [4.78, 5) is 56.4. The molecule has 0 spiro atoms. The van der Waals surface area contributed by atoms with Crippen molar-refractivity contribution in [2.45, 2.75) is 67.0 Å². The minimum Gasteiger partial charge on any atom is -0.507 e. The molecule has 11 nitrogen and oxygen atoms in total. The lowest BCUT2D eigenvalue weighted by Gasteiger charge is -2.20. The Bertz CT molecular complexity index is 1720. The molecule has 4 N–H and O–H groups in total. The number of phenols is 1. The van der Waals surface area contributed by atoms with Gasteiger partial charge in [0, 0.05) is 45.9 Å². The number of thiol groups is 1. The van der Waals surface area contributed by atoms with E-state index in [0.717, 1.165) is 16.7 Å². The molecule has 0 saturated heterocycles. The van der Waals surface area contributed by atoms with Crippen LogP contribution in [0.3, 0.4) is 0 Å². The number of hydrogen-bond acceptors (Lipinski definition) is 9. The molecule has 0 aliphatic heterocycles. The third-order valence-corrected chi connectivity index (χ3v) is 7.50. The zero-order valence-corrected chi connectivity index (χ0v) is 28.8. The second-order valence-corrected chi connectivity index (χ2v) is 12.5. The highest BCUT2D eigenvalue weighted by molar-refractivity contribution is 7.90. The van der Waals surface area contributed by atoms with Crippen molar-refractivity contribution in [2.24, 2.45) is 0 Å². The van der Waals surface area contributed by atoms with E-state index in [-0.39, 0.29) is 40.4 Å². The van der Waals surface area contributed by atoms with Crippen LogP contribution in [0.25, 0.3) is 16.0 Å². The first-order valence-electron chi connectivity index (χ1n) is 15.1. The second kappa shape index (κ2) is 15.6. The van der Waals surface area contributed by atoms with Crippen molar-refractivity contribution in [3.8, 4) is 16.9 Å². The van der Waals surface area contributed by atoms with E-state index in [0.29, 0.717) is 29.1 Å². The number of aromatic hydroxyl groups is 1. The van der Waals surface area contributed by atoms with Crippen LogP contribution in [0.5, 0.6) is 5.75 Å². The predicted octanol–water partition coefficient (Wildman–Crippen LogP) is 6.65. The molecule has 0 aliphatic carbocycles. The highest BCUT2D eigenvalue weighted by Gasteiger charge is 2.25. The van der Waals surface area contributed by atoms with Crippen LogP contribution in [0, 0.1) is 6.92 Å². The summed E-state index contributed by atoms with van der Waals surface area (Å²) in [5, 5.41) is 19.4. The van der Waals surface area contributed by atoms with Gasteiger partial charge in [0.15, 0.2) is 5.69 Å². The van der Waals surface area contributed by atoms with E-state index in [1.165, 1.54) is 31.4 Å². The molecule has 47 heavy (non-hydrogen) atoms. The number of nitrogens with zero attached hydrogens (tertiary/aromatic N) is 1. The fraction of sp³-hybridized carbons (Fsp3) is 0.343. The molecule has 0 aliphatic rings. The number of carbonyl (C=O) groups is 4. The van der Waals surface area contributed by atoms with Gasteiger partial charge in [-0.2, -0.15) is 0 Å². The second-order valence-electron chi connectivity index (χ2n) is 12.1. The van der Waals surface area contributed by atoms with Crippen molar-refractivity contribution < 1.29 is 33.8 Å². The molecule has 0 atom stereocenters. The van der Waals surface area contributed by atoms with E-state index in [2.05, 4.69) is 33.6 Å². The van der Waals surface area contributed by atoms with Gasteiger partial charge in [-0.25, -0.2) is 14.6 Å². The normalized spacial score (nSPS) is 10.9. The number of anilines is 1. The van der Waals surface area contributed by atoms with Crippen molar-refractivity contribution in [1.29, 1.82) is 0 Å². The van der Waals surface area contributed by atoms with Crippen LogP contribution in [0.4, 0.5) is 10.5 Å². The molecule has 0 saturated carbocycles. The van der Waals surface area contributed by atoms with Gasteiger partial charge >= 0.3 is 12.1 Å². The Morgan fingerprint density at radius 3 is 2.23 bits per heavy atom. The number of pyridine rings is 1. The fourth-order valence-corrected chi connectivity index (χ4v) is 4.68. The molecule has 250 valence electrons. The molecule has 0 unspecified atom stereocenters. The summed E-state index contributed by atoms with van der Waals surface area (Å²) in [6, 6.07) is 11.1. The first kappa shape index (κ1) is 36.6. The standard InChI is InChI=1S/C35H42N4O7S/c1-9-14-36-32(42)27-13-11-22(29(38-27)33(43)45-8)23-17-28(40)25(30(47)19(2)3)16-24(23)31(41)39-26-12-10-21(15-20(26)4)18-37-34(44)46-35(5,6)7/h10-13,15-17,40,47H,9,14,18H2,1-8H3,(H,36,42)(H,37,44)(H,39,41). The monoisotopic (exact) mass is 662 g/mol. The van der Waals surface area contributed by atoms with E-state index < -0.39 is 29.5 Å². The van der Waals surface area contributed by atoms with Crippen LogP contribution in [0.1, 0.15) is 96.0 Å². The van der Waals surface area contributed by atoms with Crippen molar-refractivity contribution in [1.82, 2.24) is 15.6 Å². The molecule has 1 aromatic heterocycles. The Morgan fingerprint density at radius 1 is 0.936 bits per heavy atom. The number of phenolic OH excluding ortho intramolecular Hbond substituents is 1. The lowest BCUT2D eigenvalue weighted by atomic mass is 9.93. The van der Waals surface area contributed by atoms with Crippen molar-refractivity contribution >= 4 is 47.1 Å². The Kier molecular flexibility index (Phi) is 12.2. The first-order chi connectivity index (χ1) is 22.1. The lowest BCUT2D eigenvalue weighted by molar-refractivity contribution is 0.0522. The summed E-state index contributed by atoms with van der Waals surface area (Å²) < 4.78 is 10.3. The van der Waals surface area contributed by atoms with Crippen molar-refractivity contribution in [2.75, 3.05) is 19.0 Å². The summed E-state index contributed by atoms with van der Waals surface area (Å²) in [7, 11) is 1.18. The number of rotatable bonds is 10. The number of benzene rings is 2. The van der Waals surface area contributed by atoms with Crippen LogP contribution < -0.4 is 16.0 Å². The summed E-state index contributed by atoms with van der Waals surface area (Å²) in [5.74, 6) is -2.02. The molecule has 1 heterocycles. The van der Waals surface area contributed by atoms with Crippen LogP contribution in [0.2, 0.25) is 0 Å². The largest absolute Gasteiger partial charge is 0.507 e. The number of allylic oxidation sites excluding steroid dienone is 1. The van der Waals surface area contributed by atoms with Gasteiger partial charge in [-0.1, -0.05) is 24.6 Å². The topological polar surface area (TPSA) is 156 Å². The first-order valence-corrected chi connectivity index (χ1v) is 15.5. The number of aromatic nitrogens is 1. The number of methoxy groups -OCH3 is 1. The molecule has 0 fully saturated rings. The molecule has 2 aromatic carbocycles. The average molecular weight is 663 g/mol. The molecular weight excluding hydrogens is 620 g/mol. The highest BCUT2D eigenvalue weighted by atomic mass is 32.1. The Labute approximate surface area is 280 Å². The van der Waals surface area contributed by atoms with Gasteiger partial charge in [-0.15, -0.1) is 12.6 Å². The molecule has 12 heteroatoms. The maximum atomic E-state index is 14.0. The Balaban J connectivity index is 2.07. The van der Waals surface area contributed by atoms with Crippen LogP contribution in [0.15, 0.2) is 48.0 Å². The van der Waals surface area contributed by atoms with Crippen molar-refractivity contribution in [3.05, 3.63) is 81.7 Å². The van der Waals surface area contributed by atoms with Gasteiger partial charge in [0.2, 0.25) is 0 Å². The lowest BCUT2D eigenvalue weighted by Crippen LogP contribution is -2.32. The number of carbonyl (C=O) groups excluding carboxylic acids is 4. The fourth-order valence-electron chi connectivity index (χ4n) is 4.50. The van der Waals surface area contributed by atoms with Gasteiger partial charge in [0.05, 0.1) is 7.11 Å². The molecule has 3 rings (SSSR count). The minimum atomic E-state index is -0.828. The third kappa shape index (κ3) is 9.58. The molecule has 3 aromatic rings. The summed E-state index contributed by atoms with van der Waals surface area (Å²) >= 11 is 4.56. The molecule has 0 bridgehead atoms. The maximum Gasteiger partial charge on any atom is 0.407 e. The summed E-state index contributed by atoms with van der Waals surface area (Å²) in [5.41, 5.74) is 2.75. The molecular formula is C35H42N4O7S. The molecule has 0 radical (unpaired) electrons. The van der Waals surface area contributed by atoms with Gasteiger partial charge in [0.25, 0.3) is 11.8 Å². The SMILES string of the molecule is CCCNC(=O)c1ccc(-c2cc(O)c(C(S)=C(C)C)cc2C(=O)Nc2ccc(CNC(=O)OC(C)(C)C)cc2C)c(C(=O)OC)n1. The smallest absolute Gasteiger partial charge is 0.407 e. The van der Waals surface area contributed by atoms with E-state index in [9.17, 15) is 24.3 Å². The number of hydrogen-bond donors (Lipinski definition) is 5. The molecule has 3 amide bonds. The summed E-state index contributed by atoms with van der Waals surface area (Å²) in [6.07, 6.45) is 0.167. The average Bonchev–Trinajstić information content (AvgIpc) is 3.01. The van der Waals surface area contributed by atoms with E-state index in [1.54, 1.807) is 32.9 Å². The minimum absolute atomic E-state index is 0.00602. The van der Waals surface area contributed by atoms with E-state index in [4.69, 9.17) is 9.47 Å².